The maximum absolute atomic E-state index is 12.1. The number of hydrogen-bond acceptors (Lipinski definition) is 6. The summed E-state index contributed by atoms with van der Waals surface area (Å²) < 4.78 is 10.3. The first-order valence-corrected chi connectivity index (χ1v) is 10.2. The summed E-state index contributed by atoms with van der Waals surface area (Å²) in [6.45, 7) is 0.411. The molecule has 0 heterocycles. The molecule has 0 aliphatic rings. The maximum atomic E-state index is 12.1. The Balaban J connectivity index is 1.85. The molecule has 0 saturated carbocycles. The second-order valence-corrected chi connectivity index (χ2v) is 6.81. The minimum Gasteiger partial charge on any atom is -0.481 e. The van der Waals surface area contributed by atoms with Gasteiger partial charge in [-0.15, -0.1) is 0 Å². The average Bonchev–Trinajstić information content (AvgIpc) is 2.79. The molecule has 0 aromatic heterocycles. The van der Waals surface area contributed by atoms with Crippen LogP contribution in [0.4, 0.5) is 9.59 Å². The summed E-state index contributed by atoms with van der Waals surface area (Å²) in [6, 6.07) is 18.3. The smallest absolute Gasteiger partial charge is 0.414 e. The predicted molar refractivity (Wildman–Crippen MR) is 118 cm³/mol. The number of ether oxygens (including phenoxy) is 2. The summed E-state index contributed by atoms with van der Waals surface area (Å²) in [4.78, 5) is 39.0. The summed E-state index contributed by atoms with van der Waals surface area (Å²) in [5.74, 6) is -0.945. The topological polar surface area (TPSA) is 126 Å². The van der Waals surface area contributed by atoms with E-state index in [1.807, 2.05) is 60.7 Å². The number of guanidine groups is 1. The van der Waals surface area contributed by atoms with Gasteiger partial charge in [0.25, 0.3) is 0 Å². The molecule has 32 heavy (non-hydrogen) atoms. The Morgan fingerprint density at radius 2 is 1.25 bits per heavy atom. The number of benzene rings is 2. The number of aliphatic imine (C=N–C) groups is 1. The quantitative estimate of drug-likeness (QED) is 0.292. The lowest BCUT2D eigenvalue weighted by Crippen LogP contribution is -2.44. The van der Waals surface area contributed by atoms with Crippen molar-refractivity contribution in [2.45, 2.75) is 38.9 Å². The van der Waals surface area contributed by atoms with E-state index in [1.165, 1.54) is 0 Å². The number of carbonyl (C=O) groups excluding carboxylic acids is 2. The highest BCUT2D eigenvalue weighted by molar-refractivity contribution is 6.01. The van der Waals surface area contributed by atoms with E-state index in [9.17, 15) is 14.4 Å². The highest BCUT2D eigenvalue weighted by atomic mass is 16.6. The van der Waals surface area contributed by atoms with Gasteiger partial charge in [-0.05, 0) is 24.0 Å². The Kier molecular flexibility index (Phi) is 10.8. The van der Waals surface area contributed by atoms with Crippen LogP contribution in [0.25, 0.3) is 0 Å². The standard InChI is InChI=1S/C23H27N3O6/c27-20(28)14-8-3-9-15-24-21(25-22(29)31-16-18-10-4-1-5-11-18)26-23(30)32-17-19-12-6-2-7-13-19/h1-2,4-7,10-13H,3,8-9,14-17H2,(H,27,28)(H2,24,25,26,29,30). The first kappa shape index (κ1) is 24.4. The summed E-state index contributed by atoms with van der Waals surface area (Å²) >= 11 is 0. The van der Waals surface area contributed by atoms with E-state index < -0.39 is 18.2 Å². The van der Waals surface area contributed by atoms with Crippen LogP contribution in [0.1, 0.15) is 36.8 Å². The summed E-state index contributed by atoms with van der Waals surface area (Å²) in [5, 5.41) is 13.5. The summed E-state index contributed by atoms with van der Waals surface area (Å²) in [6.07, 6.45) is 0.311. The monoisotopic (exact) mass is 441 g/mol. The second kappa shape index (κ2) is 14.2. The van der Waals surface area contributed by atoms with Crippen LogP contribution < -0.4 is 10.6 Å². The summed E-state index contributed by atoms with van der Waals surface area (Å²) in [5.41, 5.74) is 1.63. The molecule has 0 atom stereocenters. The van der Waals surface area contributed by atoms with E-state index in [1.54, 1.807) is 0 Å². The molecule has 2 amide bonds. The van der Waals surface area contributed by atoms with Crippen LogP contribution in [0.15, 0.2) is 65.7 Å². The van der Waals surface area contributed by atoms with Crippen molar-refractivity contribution >= 4 is 24.1 Å². The number of hydrogen-bond donors (Lipinski definition) is 3. The molecular weight excluding hydrogens is 414 g/mol. The number of carboxylic acids is 1. The van der Waals surface area contributed by atoms with E-state index >= 15 is 0 Å². The molecular formula is C23H27N3O6. The molecule has 0 saturated heterocycles. The normalized spacial score (nSPS) is 10.0. The number of amides is 2. The van der Waals surface area contributed by atoms with Gasteiger partial charge in [-0.25, -0.2) is 9.59 Å². The van der Waals surface area contributed by atoms with Gasteiger partial charge in [-0.2, -0.15) is 0 Å². The van der Waals surface area contributed by atoms with E-state index in [0.717, 1.165) is 11.1 Å². The maximum Gasteiger partial charge on any atom is 0.414 e. The van der Waals surface area contributed by atoms with Crippen LogP contribution in [-0.2, 0) is 27.5 Å². The van der Waals surface area contributed by atoms with Gasteiger partial charge in [0.2, 0.25) is 5.96 Å². The lowest BCUT2D eigenvalue weighted by atomic mass is 10.2. The van der Waals surface area contributed by atoms with Gasteiger partial charge in [0.1, 0.15) is 13.2 Å². The molecule has 170 valence electrons. The fourth-order valence-corrected chi connectivity index (χ4v) is 2.58. The van der Waals surface area contributed by atoms with Crippen molar-refractivity contribution in [3.8, 4) is 0 Å². The van der Waals surface area contributed by atoms with Crippen molar-refractivity contribution in [2.75, 3.05) is 6.54 Å². The van der Waals surface area contributed by atoms with Crippen LogP contribution >= 0.6 is 0 Å². The minimum atomic E-state index is -0.847. The fourth-order valence-electron chi connectivity index (χ4n) is 2.58. The SMILES string of the molecule is O=C(O)CCCCCN=C(NC(=O)OCc1ccccc1)NC(=O)OCc1ccccc1. The first-order valence-electron chi connectivity index (χ1n) is 10.2. The molecule has 0 aliphatic carbocycles. The van der Waals surface area contributed by atoms with Gasteiger partial charge in [-0.3, -0.25) is 20.4 Å². The number of nitrogens with zero attached hydrogens (tertiary/aromatic N) is 1. The Morgan fingerprint density at radius 1 is 0.750 bits per heavy atom. The van der Waals surface area contributed by atoms with Crippen molar-refractivity contribution in [1.82, 2.24) is 10.6 Å². The molecule has 9 nitrogen and oxygen atoms in total. The van der Waals surface area contributed by atoms with Crippen LogP contribution in [0.3, 0.4) is 0 Å². The third kappa shape index (κ3) is 10.8. The number of aliphatic carboxylic acids is 1. The van der Waals surface area contributed by atoms with E-state index in [0.29, 0.717) is 19.3 Å². The number of alkyl carbamates (subject to hydrolysis) is 2. The van der Waals surface area contributed by atoms with Crippen LogP contribution in [0.5, 0.6) is 0 Å². The van der Waals surface area contributed by atoms with Crippen molar-refractivity contribution < 1.29 is 29.0 Å². The number of unbranched alkanes of at least 4 members (excludes halogenated alkanes) is 2. The largest absolute Gasteiger partial charge is 0.481 e. The molecule has 9 heteroatoms. The van der Waals surface area contributed by atoms with Crippen LogP contribution in [0, 0.1) is 0 Å². The number of rotatable bonds is 10. The molecule has 0 unspecified atom stereocenters. The lowest BCUT2D eigenvalue weighted by molar-refractivity contribution is -0.137. The first-order chi connectivity index (χ1) is 15.5. The van der Waals surface area contributed by atoms with Gasteiger partial charge in [-0.1, -0.05) is 67.1 Å². The van der Waals surface area contributed by atoms with E-state index in [4.69, 9.17) is 14.6 Å². The highest BCUT2D eigenvalue weighted by Gasteiger charge is 2.12. The van der Waals surface area contributed by atoms with E-state index in [2.05, 4.69) is 15.6 Å². The van der Waals surface area contributed by atoms with Crippen molar-refractivity contribution in [3.63, 3.8) is 0 Å². The molecule has 0 radical (unpaired) electrons. The third-order valence-corrected chi connectivity index (χ3v) is 4.19. The molecule has 2 aromatic rings. The molecule has 2 rings (SSSR count). The lowest BCUT2D eigenvalue weighted by Gasteiger charge is -2.12. The Hall–Kier alpha value is -3.88. The molecule has 2 aromatic carbocycles. The molecule has 3 N–H and O–H groups in total. The fraction of sp³-hybridized carbons (Fsp3) is 0.304. The van der Waals surface area contributed by atoms with Crippen LogP contribution in [0.2, 0.25) is 0 Å². The second-order valence-electron chi connectivity index (χ2n) is 6.81. The van der Waals surface area contributed by atoms with Gasteiger partial charge in [0, 0.05) is 13.0 Å². The van der Waals surface area contributed by atoms with Crippen molar-refractivity contribution in [3.05, 3.63) is 71.8 Å². The van der Waals surface area contributed by atoms with Gasteiger partial charge in [0.15, 0.2) is 0 Å². The Labute approximate surface area is 186 Å². The molecule has 0 fully saturated rings. The van der Waals surface area contributed by atoms with Crippen LogP contribution in [-0.4, -0.2) is 35.8 Å². The third-order valence-electron chi connectivity index (χ3n) is 4.19. The number of nitrogens with one attached hydrogen (secondary N) is 2. The average molecular weight is 441 g/mol. The minimum absolute atomic E-state index is 0.0631. The highest BCUT2D eigenvalue weighted by Crippen LogP contribution is 2.03. The summed E-state index contributed by atoms with van der Waals surface area (Å²) in [7, 11) is 0. The van der Waals surface area contributed by atoms with Crippen molar-refractivity contribution in [2.24, 2.45) is 4.99 Å². The van der Waals surface area contributed by atoms with Gasteiger partial charge >= 0.3 is 18.2 Å². The molecule has 0 spiro atoms. The molecule has 0 aliphatic heterocycles. The van der Waals surface area contributed by atoms with Crippen molar-refractivity contribution in [1.29, 1.82) is 0 Å². The molecule has 0 bridgehead atoms. The zero-order chi connectivity index (χ0) is 23.0. The Bertz CT molecular complexity index is 828. The predicted octanol–water partition coefficient (Wildman–Crippen LogP) is 3.84. The van der Waals surface area contributed by atoms with Gasteiger partial charge in [0.05, 0.1) is 0 Å². The number of carboxylic acid groups (broad SMARTS) is 1. The van der Waals surface area contributed by atoms with Gasteiger partial charge < -0.3 is 14.6 Å². The number of carbonyl (C=O) groups is 3. The zero-order valence-corrected chi connectivity index (χ0v) is 17.7. The zero-order valence-electron chi connectivity index (χ0n) is 17.7. The van der Waals surface area contributed by atoms with E-state index in [-0.39, 0.29) is 32.1 Å². The Morgan fingerprint density at radius 3 is 1.72 bits per heavy atom.